The fraction of sp³-hybridized carbons (Fsp3) is 0.800. The Bertz CT molecular complexity index is 97.0. The predicted octanol–water partition coefficient (Wildman–Crippen LogP) is -2.31. The van der Waals surface area contributed by atoms with Gasteiger partial charge in [-0.15, -0.1) is 0 Å². The predicted molar refractivity (Wildman–Crippen MR) is 25.9 cm³/mol. The summed E-state index contributed by atoms with van der Waals surface area (Å²) in [6, 6.07) is 0. The largest absolute Gasteiger partial charge is 1.00 e. The van der Waals surface area contributed by atoms with E-state index >= 15 is 0 Å². The Morgan fingerprint density at radius 2 is 2.50 bits per heavy atom. The second-order valence-electron chi connectivity index (χ2n) is 1.86. The Morgan fingerprint density at radius 1 is 1.88 bits per heavy atom. The van der Waals surface area contributed by atoms with E-state index in [2.05, 4.69) is 4.74 Å². The number of ether oxygens (including phenoxy) is 1. The van der Waals surface area contributed by atoms with Gasteiger partial charge in [0.2, 0.25) is 0 Å². The van der Waals surface area contributed by atoms with E-state index in [4.69, 9.17) is 0 Å². The fourth-order valence-corrected chi connectivity index (χ4v) is 0.596. The summed E-state index contributed by atoms with van der Waals surface area (Å²) in [4.78, 5) is 10.4. The Morgan fingerprint density at radius 3 is 2.62 bits per heavy atom. The van der Waals surface area contributed by atoms with Gasteiger partial charge in [0.1, 0.15) is 0 Å². The molecule has 0 aromatic heterocycles. The molecule has 0 saturated carbocycles. The summed E-state index contributed by atoms with van der Waals surface area (Å²) in [6.45, 7) is 2.51. The zero-order chi connectivity index (χ0) is 5.28. The van der Waals surface area contributed by atoms with Crippen LogP contribution in [0.2, 0.25) is 0 Å². The molecule has 1 unspecified atom stereocenters. The Kier molecular flexibility index (Phi) is 3.69. The molecule has 1 rings (SSSR count). The number of hydrogen-bond donors (Lipinski definition) is 0. The molecule has 1 heterocycles. The Hall–Kier alpha value is 0.470. The third-order valence-corrected chi connectivity index (χ3v) is 1.20. The smallest absolute Gasteiger partial charge is 1.00 e. The molecule has 8 heavy (non-hydrogen) atoms. The molecule has 0 amide bonds. The van der Waals surface area contributed by atoms with E-state index in [0.29, 0.717) is 6.61 Å². The zero-order valence-corrected chi connectivity index (χ0v) is 7.31. The number of carbonyl (C=O) groups excluding carboxylic acids is 1. The maximum atomic E-state index is 10.4. The molecule has 0 aromatic carbocycles. The fourth-order valence-electron chi connectivity index (χ4n) is 0.596. The van der Waals surface area contributed by atoms with Gasteiger partial charge < -0.3 is 6.16 Å². The second kappa shape index (κ2) is 3.49. The van der Waals surface area contributed by atoms with Crippen molar-refractivity contribution in [3.8, 4) is 0 Å². The SMILES string of the molecule is CC1CCOC1=O.[H-].[Na+]. The third kappa shape index (κ3) is 1.77. The maximum Gasteiger partial charge on any atom is 1.00 e. The van der Waals surface area contributed by atoms with Crippen LogP contribution in [0.15, 0.2) is 0 Å². The van der Waals surface area contributed by atoms with Crippen LogP contribution in [0.25, 0.3) is 0 Å². The summed E-state index contributed by atoms with van der Waals surface area (Å²) in [6.07, 6.45) is 0.902. The van der Waals surface area contributed by atoms with Gasteiger partial charge in [0.15, 0.2) is 0 Å². The van der Waals surface area contributed by atoms with Crippen molar-refractivity contribution >= 4 is 5.97 Å². The molecule has 1 saturated heterocycles. The minimum absolute atomic E-state index is 0. The molecular formula is C5H9NaO2. The van der Waals surface area contributed by atoms with Crippen molar-refractivity contribution in [3.63, 3.8) is 0 Å². The van der Waals surface area contributed by atoms with Crippen LogP contribution >= 0.6 is 0 Å². The van der Waals surface area contributed by atoms with Gasteiger partial charge in [-0.05, 0) is 6.42 Å². The summed E-state index contributed by atoms with van der Waals surface area (Å²) in [5.74, 6) is 0.111. The van der Waals surface area contributed by atoms with Crippen LogP contribution in [-0.4, -0.2) is 12.6 Å². The second-order valence-corrected chi connectivity index (χ2v) is 1.86. The third-order valence-electron chi connectivity index (χ3n) is 1.20. The van der Waals surface area contributed by atoms with E-state index < -0.39 is 0 Å². The van der Waals surface area contributed by atoms with Crippen LogP contribution in [0.5, 0.6) is 0 Å². The molecule has 1 fully saturated rings. The summed E-state index contributed by atoms with van der Waals surface area (Å²) in [5, 5.41) is 0. The van der Waals surface area contributed by atoms with Crippen LogP contribution in [0.4, 0.5) is 0 Å². The molecular weight excluding hydrogens is 115 g/mol. The van der Waals surface area contributed by atoms with E-state index in [1.807, 2.05) is 6.92 Å². The van der Waals surface area contributed by atoms with Crippen molar-refractivity contribution in [2.24, 2.45) is 5.92 Å². The molecule has 0 N–H and O–H groups in total. The number of rotatable bonds is 0. The van der Waals surface area contributed by atoms with Gasteiger partial charge in [-0.3, -0.25) is 4.79 Å². The van der Waals surface area contributed by atoms with Crippen LogP contribution in [0, 0.1) is 5.92 Å². The zero-order valence-electron chi connectivity index (χ0n) is 6.31. The van der Waals surface area contributed by atoms with E-state index in [1.54, 1.807) is 0 Å². The average molecular weight is 124 g/mol. The first-order valence-electron chi connectivity index (χ1n) is 2.47. The standard InChI is InChI=1S/C5H8O2.Na.H/c1-4-2-3-7-5(4)6;;/h4H,2-3H2,1H3;;/q;+1;-1. The van der Waals surface area contributed by atoms with Crippen LogP contribution in [0.1, 0.15) is 14.8 Å². The normalized spacial score (nSPS) is 26.6. The van der Waals surface area contributed by atoms with E-state index in [0.717, 1.165) is 6.42 Å². The minimum atomic E-state index is -0.0417. The van der Waals surface area contributed by atoms with Crippen molar-refractivity contribution in [2.45, 2.75) is 13.3 Å². The summed E-state index contributed by atoms with van der Waals surface area (Å²) in [7, 11) is 0. The number of cyclic esters (lactones) is 1. The minimum Gasteiger partial charge on any atom is -1.00 e. The first kappa shape index (κ1) is 8.47. The first-order chi connectivity index (χ1) is 3.30. The quantitative estimate of drug-likeness (QED) is 0.268. The molecule has 0 spiro atoms. The van der Waals surface area contributed by atoms with Crippen molar-refractivity contribution in [1.29, 1.82) is 0 Å². The van der Waals surface area contributed by atoms with E-state index in [1.165, 1.54) is 0 Å². The van der Waals surface area contributed by atoms with Gasteiger partial charge in [0.05, 0.1) is 12.5 Å². The molecule has 1 atom stereocenters. The Balaban J connectivity index is 0. The van der Waals surface area contributed by atoms with Gasteiger partial charge in [-0.2, -0.15) is 0 Å². The molecule has 1 aliphatic rings. The molecule has 0 aromatic rings. The summed E-state index contributed by atoms with van der Waals surface area (Å²) < 4.78 is 4.63. The van der Waals surface area contributed by atoms with Crippen molar-refractivity contribution < 1.29 is 40.5 Å². The summed E-state index contributed by atoms with van der Waals surface area (Å²) in [5.41, 5.74) is 0. The van der Waals surface area contributed by atoms with E-state index in [9.17, 15) is 4.79 Å². The molecule has 2 nitrogen and oxygen atoms in total. The molecule has 0 bridgehead atoms. The Labute approximate surface area is 72.4 Å². The van der Waals surface area contributed by atoms with Gasteiger partial charge >= 0.3 is 35.5 Å². The molecule has 0 aliphatic carbocycles. The van der Waals surface area contributed by atoms with Crippen molar-refractivity contribution in [1.82, 2.24) is 0 Å². The van der Waals surface area contributed by atoms with Gasteiger partial charge in [-0.1, -0.05) is 6.92 Å². The van der Waals surface area contributed by atoms with E-state index in [-0.39, 0.29) is 42.9 Å². The molecule has 42 valence electrons. The van der Waals surface area contributed by atoms with Crippen molar-refractivity contribution in [3.05, 3.63) is 0 Å². The van der Waals surface area contributed by atoms with Crippen LogP contribution < -0.4 is 29.6 Å². The maximum absolute atomic E-state index is 10.4. The summed E-state index contributed by atoms with van der Waals surface area (Å²) >= 11 is 0. The topological polar surface area (TPSA) is 26.3 Å². The number of carbonyl (C=O) groups is 1. The van der Waals surface area contributed by atoms with Crippen molar-refractivity contribution in [2.75, 3.05) is 6.61 Å². The van der Waals surface area contributed by atoms with Gasteiger partial charge in [0.25, 0.3) is 0 Å². The number of hydrogen-bond acceptors (Lipinski definition) is 2. The van der Waals surface area contributed by atoms with Crippen LogP contribution in [-0.2, 0) is 9.53 Å². The first-order valence-corrected chi connectivity index (χ1v) is 2.47. The molecule has 3 heteroatoms. The monoisotopic (exact) mass is 124 g/mol. The molecule has 0 radical (unpaired) electrons. The van der Waals surface area contributed by atoms with Gasteiger partial charge in [0, 0.05) is 0 Å². The molecule has 1 aliphatic heterocycles. The van der Waals surface area contributed by atoms with Gasteiger partial charge in [-0.25, -0.2) is 0 Å². The number of esters is 1. The van der Waals surface area contributed by atoms with Crippen LogP contribution in [0.3, 0.4) is 0 Å². The average Bonchev–Trinajstić information content (AvgIpc) is 1.91.